The van der Waals surface area contributed by atoms with E-state index in [1.807, 2.05) is 18.2 Å². The normalized spacial score (nSPS) is 10.6. The second-order valence-electron chi connectivity index (χ2n) is 6.73. The molecular weight excluding hydrogens is 463 g/mol. The van der Waals surface area contributed by atoms with Gasteiger partial charge in [0.05, 0.1) is 13.3 Å². The molecule has 0 fully saturated rings. The molecule has 0 aromatic heterocycles. The van der Waals surface area contributed by atoms with E-state index in [1.165, 1.54) is 13.3 Å². The minimum absolute atomic E-state index is 0.272. The predicted molar refractivity (Wildman–Crippen MR) is 131 cm³/mol. The van der Waals surface area contributed by atoms with E-state index in [2.05, 4.69) is 17.1 Å². The molecule has 170 valence electrons. The van der Waals surface area contributed by atoms with Gasteiger partial charge in [-0.25, -0.2) is 5.43 Å². The number of nitrogens with one attached hydrogen (secondary N) is 1. The minimum atomic E-state index is -0.416. The lowest BCUT2D eigenvalue weighted by molar-refractivity contribution is 0.0954. The summed E-state index contributed by atoms with van der Waals surface area (Å²) >= 11 is 12.3. The number of methoxy groups -OCH3 is 1. The third-order valence-corrected chi connectivity index (χ3v) is 5.07. The van der Waals surface area contributed by atoms with E-state index in [0.717, 1.165) is 5.56 Å². The van der Waals surface area contributed by atoms with Crippen LogP contribution in [0.1, 0.15) is 21.5 Å². The Morgan fingerprint density at radius 3 is 2.58 bits per heavy atom. The molecule has 0 heterocycles. The number of amides is 1. The molecule has 0 spiro atoms. The van der Waals surface area contributed by atoms with Crippen LogP contribution in [0.15, 0.2) is 78.4 Å². The van der Waals surface area contributed by atoms with E-state index in [4.69, 9.17) is 37.4 Å². The van der Waals surface area contributed by atoms with Crippen LogP contribution in [-0.4, -0.2) is 25.8 Å². The van der Waals surface area contributed by atoms with E-state index in [9.17, 15) is 4.79 Å². The van der Waals surface area contributed by atoms with Gasteiger partial charge < -0.3 is 14.2 Å². The number of benzene rings is 3. The van der Waals surface area contributed by atoms with Gasteiger partial charge in [-0.3, -0.25) is 4.79 Å². The summed E-state index contributed by atoms with van der Waals surface area (Å²) in [7, 11) is 1.50. The van der Waals surface area contributed by atoms with Crippen molar-refractivity contribution in [3.8, 4) is 17.2 Å². The molecule has 3 rings (SSSR count). The van der Waals surface area contributed by atoms with Gasteiger partial charge in [0.25, 0.3) is 5.91 Å². The molecule has 1 N–H and O–H groups in total. The quantitative estimate of drug-likeness (QED) is 0.220. The van der Waals surface area contributed by atoms with Gasteiger partial charge in [0.2, 0.25) is 0 Å². The Morgan fingerprint density at radius 1 is 1.03 bits per heavy atom. The first kappa shape index (κ1) is 24.2. The third-order valence-electron chi connectivity index (χ3n) is 4.47. The van der Waals surface area contributed by atoms with Crippen molar-refractivity contribution in [3.63, 3.8) is 0 Å². The predicted octanol–water partition coefficient (Wildman–Crippen LogP) is 5.91. The van der Waals surface area contributed by atoms with Crippen molar-refractivity contribution in [2.45, 2.75) is 6.61 Å². The maximum Gasteiger partial charge on any atom is 0.271 e. The van der Waals surface area contributed by atoms with Crippen LogP contribution >= 0.6 is 23.2 Å². The van der Waals surface area contributed by atoms with Crippen molar-refractivity contribution in [2.75, 3.05) is 13.7 Å². The fourth-order valence-electron chi connectivity index (χ4n) is 2.82. The maximum absolute atomic E-state index is 12.5. The lowest BCUT2D eigenvalue weighted by Crippen LogP contribution is -2.17. The molecule has 33 heavy (non-hydrogen) atoms. The highest BCUT2D eigenvalue weighted by atomic mass is 35.5. The number of hydrazone groups is 1. The van der Waals surface area contributed by atoms with Crippen molar-refractivity contribution in [2.24, 2.45) is 5.10 Å². The molecule has 0 aliphatic rings. The number of rotatable bonds is 10. The van der Waals surface area contributed by atoms with Crippen molar-refractivity contribution in [1.82, 2.24) is 5.43 Å². The summed E-state index contributed by atoms with van der Waals surface area (Å²) in [5.41, 5.74) is 4.29. The summed E-state index contributed by atoms with van der Waals surface area (Å²) in [6.07, 6.45) is 3.08. The highest BCUT2D eigenvalue weighted by Gasteiger charge is 2.11. The Labute approximate surface area is 202 Å². The van der Waals surface area contributed by atoms with E-state index in [0.29, 0.717) is 45.0 Å². The Hall–Kier alpha value is -3.48. The summed E-state index contributed by atoms with van der Waals surface area (Å²) in [6, 6.07) is 17.4. The maximum atomic E-state index is 12.5. The molecule has 1 amide bonds. The highest BCUT2D eigenvalue weighted by molar-refractivity contribution is 6.31. The summed E-state index contributed by atoms with van der Waals surface area (Å²) in [5.74, 6) is 1.07. The van der Waals surface area contributed by atoms with Gasteiger partial charge in [-0.1, -0.05) is 54.1 Å². The van der Waals surface area contributed by atoms with Crippen molar-refractivity contribution in [3.05, 3.63) is 100 Å². The fourth-order valence-corrected chi connectivity index (χ4v) is 3.20. The van der Waals surface area contributed by atoms with Gasteiger partial charge in [0, 0.05) is 26.7 Å². The Bertz CT molecular complexity index is 1160. The summed E-state index contributed by atoms with van der Waals surface area (Å²) in [4.78, 5) is 12.5. The van der Waals surface area contributed by atoms with Gasteiger partial charge in [0.1, 0.15) is 19.0 Å². The molecule has 3 aromatic carbocycles. The second-order valence-corrected chi connectivity index (χ2v) is 7.57. The molecule has 0 aliphatic carbocycles. The largest absolute Gasteiger partial charge is 0.493 e. The molecule has 0 radical (unpaired) electrons. The van der Waals surface area contributed by atoms with Gasteiger partial charge >= 0.3 is 0 Å². The van der Waals surface area contributed by atoms with Crippen LogP contribution in [0.25, 0.3) is 0 Å². The van der Waals surface area contributed by atoms with Crippen LogP contribution in [0.5, 0.6) is 17.2 Å². The molecule has 0 bridgehead atoms. The lowest BCUT2D eigenvalue weighted by Gasteiger charge is -2.11. The monoisotopic (exact) mass is 484 g/mol. The average molecular weight is 485 g/mol. The van der Waals surface area contributed by atoms with Crippen molar-refractivity contribution >= 4 is 35.3 Å². The first-order valence-corrected chi connectivity index (χ1v) is 10.7. The Kier molecular flexibility index (Phi) is 8.75. The Balaban J connectivity index is 1.69. The fraction of sp³-hybridized carbons (Fsp3) is 0.120. The zero-order chi connectivity index (χ0) is 23.6. The van der Waals surface area contributed by atoms with Crippen LogP contribution in [0.2, 0.25) is 10.0 Å². The molecule has 0 aliphatic heterocycles. The molecule has 6 nitrogen and oxygen atoms in total. The smallest absolute Gasteiger partial charge is 0.271 e. The van der Waals surface area contributed by atoms with Gasteiger partial charge in [-0.05, 0) is 42.5 Å². The second kappa shape index (κ2) is 11.9. The molecule has 8 heteroatoms. The number of hydrogen-bond acceptors (Lipinski definition) is 5. The van der Waals surface area contributed by atoms with Crippen LogP contribution in [0, 0.1) is 0 Å². The molecule has 0 saturated heterocycles. The minimum Gasteiger partial charge on any atom is -0.493 e. The van der Waals surface area contributed by atoms with Gasteiger partial charge in [-0.15, -0.1) is 0 Å². The number of halogens is 2. The van der Waals surface area contributed by atoms with E-state index in [-0.39, 0.29) is 6.61 Å². The number of ether oxygens (including phenoxy) is 3. The standard InChI is InChI=1S/C25H22Cl2N2O4/c1-3-12-32-23-10-8-17(14-24(23)31-2)25(30)29-28-15-19-13-20(26)9-11-22(19)33-16-18-6-4-5-7-21(18)27/h3-11,13-15H,1,12,16H2,2H3,(H,29,30)/b28-15+. The molecule has 0 atom stereocenters. The van der Waals surface area contributed by atoms with Crippen LogP contribution in [0.3, 0.4) is 0 Å². The zero-order valence-corrected chi connectivity index (χ0v) is 19.4. The van der Waals surface area contributed by atoms with Gasteiger partial charge in [0.15, 0.2) is 11.5 Å². The first-order chi connectivity index (χ1) is 16.0. The van der Waals surface area contributed by atoms with Crippen LogP contribution < -0.4 is 19.6 Å². The molecule has 0 unspecified atom stereocenters. The van der Waals surface area contributed by atoms with E-state index < -0.39 is 5.91 Å². The number of nitrogens with zero attached hydrogens (tertiary/aromatic N) is 1. The van der Waals surface area contributed by atoms with E-state index in [1.54, 1.807) is 48.5 Å². The summed E-state index contributed by atoms with van der Waals surface area (Å²) in [6.45, 7) is 4.21. The summed E-state index contributed by atoms with van der Waals surface area (Å²) < 4.78 is 16.7. The van der Waals surface area contributed by atoms with Crippen LogP contribution in [0.4, 0.5) is 0 Å². The Morgan fingerprint density at radius 2 is 1.82 bits per heavy atom. The number of carbonyl (C=O) groups is 1. The molecule has 0 saturated carbocycles. The van der Waals surface area contributed by atoms with Gasteiger partial charge in [-0.2, -0.15) is 5.10 Å². The number of carbonyl (C=O) groups excluding carboxylic acids is 1. The third kappa shape index (κ3) is 6.75. The SMILES string of the molecule is C=CCOc1ccc(C(=O)N/N=C/c2cc(Cl)ccc2OCc2ccccc2Cl)cc1OC. The lowest BCUT2D eigenvalue weighted by atomic mass is 10.2. The average Bonchev–Trinajstić information content (AvgIpc) is 2.83. The van der Waals surface area contributed by atoms with E-state index >= 15 is 0 Å². The molecule has 3 aromatic rings. The highest BCUT2D eigenvalue weighted by Crippen LogP contribution is 2.28. The topological polar surface area (TPSA) is 69.2 Å². The summed E-state index contributed by atoms with van der Waals surface area (Å²) in [5, 5.41) is 5.17. The van der Waals surface area contributed by atoms with Crippen LogP contribution in [-0.2, 0) is 6.61 Å². The zero-order valence-electron chi connectivity index (χ0n) is 17.9. The van der Waals surface area contributed by atoms with Crippen molar-refractivity contribution < 1.29 is 19.0 Å². The number of hydrogen-bond donors (Lipinski definition) is 1. The van der Waals surface area contributed by atoms with Crippen molar-refractivity contribution in [1.29, 1.82) is 0 Å². The molecular formula is C25H22Cl2N2O4. The first-order valence-electron chi connectivity index (χ1n) is 9.92.